The predicted octanol–water partition coefficient (Wildman–Crippen LogP) is 8.46. The molecule has 180 valence electrons. The molecule has 1 rings (SSSR count). The molecule has 0 radical (unpaired) electrons. The molecule has 0 fully saturated rings. The largest absolute Gasteiger partial charge is 0.430 e. The Morgan fingerprint density at radius 3 is 1.23 bits per heavy atom. The first-order valence-electron chi connectivity index (χ1n) is 10.3. The van der Waals surface area contributed by atoms with Crippen LogP contribution in [0.5, 0.6) is 0 Å². The van der Waals surface area contributed by atoms with Gasteiger partial charge in [-0.15, -0.1) is 0 Å². The Morgan fingerprint density at radius 2 is 0.968 bits per heavy atom. The van der Waals surface area contributed by atoms with Gasteiger partial charge in [0, 0.05) is 5.56 Å². The summed E-state index contributed by atoms with van der Waals surface area (Å²) >= 11 is 0. The van der Waals surface area contributed by atoms with E-state index in [2.05, 4.69) is 48.5 Å². The van der Waals surface area contributed by atoms with Crippen LogP contribution in [0.2, 0.25) is 0 Å². The number of hydrogen-bond acceptors (Lipinski definition) is 1. The maximum atomic E-state index is 13.9. The molecule has 0 aromatic heterocycles. The van der Waals surface area contributed by atoms with E-state index in [0.29, 0.717) is 12.0 Å². The van der Waals surface area contributed by atoms with E-state index in [1.54, 1.807) is 0 Å². The summed E-state index contributed by atoms with van der Waals surface area (Å²) in [6.07, 6.45) is -10.9. The fraction of sp³-hybridized carbons (Fsp3) is 0.750. The molecule has 0 aliphatic heterocycles. The Labute approximate surface area is 182 Å². The topological polar surface area (TPSA) is 9.23 Å². The highest BCUT2D eigenvalue weighted by molar-refractivity contribution is 5.32. The number of hydrogen-bond donors (Lipinski definition) is 0. The summed E-state index contributed by atoms with van der Waals surface area (Å²) in [5, 5.41) is 0. The molecule has 0 unspecified atom stereocenters. The maximum absolute atomic E-state index is 13.9. The Morgan fingerprint density at radius 1 is 0.613 bits per heavy atom. The van der Waals surface area contributed by atoms with Crippen LogP contribution in [0, 0.1) is 16.2 Å². The quantitative estimate of drug-likeness (QED) is 0.415. The lowest BCUT2D eigenvalue weighted by Crippen LogP contribution is -2.58. The lowest BCUT2D eigenvalue weighted by Gasteiger charge is -2.52. The molecule has 0 atom stereocenters. The minimum atomic E-state index is -5.69. The normalized spacial score (nSPS) is 15.4. The van der Waals surface area contributed by atoms with Gasteiger partial charge in [0.25, 0.3) is 5.60 Å². The molecule has 0 N–H and O–H groups in total. The van der Waals surface area contributed by atoms with E-state index in [1.165, 1.54) is 32.9 Å². The van der Waals surface area contributed by atoms with Gasteiger partial charge >= 0.3 is 12.4 Å². The fourth-order valence-corrected chi connectivity index (χ4v) is 4.04. The average molecular weight is 455 g/mol. The van der Waals surface area contributed by atoms with Gasteiger partial charge in [-0.2, -0.15) is 26.3 Å². The van der Waals surface area contributed by atoms with Crippen LogP contribution in [0.15, 0.2) is 24.3 Å². The van der Waals surface area contributed by atoms with Gasteiger partial charge < -0.3 is 4.74 Å². The Hall–Kier alpha value is -1.24. The summed E-state index contributed by atoms with van der Waals surface area (Å²) < 4.78 is 88.3. The Bertz CT molecular complexity index is 709. The van der Waals surface area contributed by atoms with Gasteiger partial charge in [-0.1, -0.05) is 72.7 Å². The molecule has 1 aromatic carbocycles. The molecule has 0 saturated heterocycles. The smallest absolute Gasteiger partial charge is 0.348 e. The van der Waals surface area contributed by atoms with Crippen molar-refractivity contribution in [2.45, 2.75) is 99.2 Å². The zero-order chi connectivity index (χ0) is 24.9. The SMILES string of the molecule is CC(C)(C)OC(c1ccc(CC(C)(C(C)(C)C)C(C)(C)C)cc1)(C(F)(F)F)C(F)(F)F. The molecule has 0 amide bonds. The van der Waals surface area contributed by atoms with Crippen LogP contribution in [0.3, 0.4) is 0 Å². The number of halogens is 6. The van der Waals surface area contributed by atoms with Crippen LogP contribution >= 0.6 is 0 Å². The molecule has 0 saturated carbocycles. The van der Waals surface area contributed by atoms with E-state index >= 15 is 0 Å². The first kappa shape index (κ1) is 27.8. The van der Waals surface area contributed by atoms with Crippen molar-refractivity contribution in [3.63, 3.8) is 0 Å². The van der Waals surface area contributed by atoms with Crippen LogP contribution in [0.4, 0.5) is 26.3 Å². The van der Waals surface area contributed by atoms with E-state index in [1.807, 2.05) is 0 Å². The average Bonchev–Trinajstić information content (AvgIpc) is 2.48. The van der Waals surface area contributed by atoms with Gasteiger partial charge in [0.15, 0.2) is 0 Å². The molecule has 1 nitrogen and oxygen atoms in total. The van der Waals surface area contributed by atoms with Crippen molar-refractivity contribution in [3.8, 4) is 0 Å². The minimum Gasteiger partial charge on any atom is -0.348 e. The third-order valence-electron chi connectivity index (χ3n) is 6.49. The minimum absolute atomic E-state index is 0.152. The van der Waals surface area contributed by atoms with Crippen molar-refractivity contribution in [2.75, 3.05) is 0 Å². The first-order valence-corrected chi connectivity index (χ1v) is 10.3. The summed E-state index contributed by atoms with van der Waals surface area (Å²) in [4.78, 5) is 0. The summed E-state index contributed by atoms with van der Waals surface area (Å²) in [6.45, 7) is 18.1. The molecular weight excluding hydrogens is 418 g/mol. The van der Waals surface area contributed by atoms with Crippen LogP contribution in [-0.2, 0) is 16.8 Å². The third-order valence-corrected chi connectivity index (χ3v) is 6.49. The standard InChI is InChI=1S/C24H36F6O/c1-18(2,3)21(10,19(4,5)6)15-16-11-13-17(14-12-16)22(23(25,26)27,24(28,29)30)31-20(7,8)9/h11-14H,15H2,1-10H3. The highest BCUT2D eigenvalue weighted by Crippen LogP contribution is 2.56. The van der Waals surface area contributed by atoms with Gasteiger partial charge in [0.1, 0.15) is 0 Å². The predicted molar refractivity (Wildman–Crippen MR) is 112 cm³/mol. The van der Waals surface area contributed by atoms with Crippen LogP contribution in [-0.4, -0.2) is 18.0 Å². The van der Waals surface area contributed by atoms with E-state index in [4.69, 9.17) is 4.74 Å². The molecular formula is C24H36F6O. The number of rotatable bonds is 4. The Kier molecular flexibility index (Phi) is 7.14. The first-order chi connectivity index (χ1) is 13.4. The molecule has 31 heavy (non-hydrogen) atoms. The van der Waals surface area contributed by atoms with Gasteiger partial charge in [-0.25, -0.2) is 0 Å². The second-order valence-electron chi connectivity index (χ2n) is 11.6. The van der Waals surface area contributed by atoms with Gasteiger partial charge in [-0.05, 0) is 49.0 Å². The molecule has 0 spiro atoms. The molecule has 0 heterocycles. The summed E-state index contributed by atoms with van der Waals surface area (Å²) in [5.41, 5.74) is -6.96. The molecule has 0 aliphatic carbocycles. The molecule has 0 bridgehead atoms. The summed E-state index contributed by atoms with van der Waals surface area (Å²) in [6, 6.07) is 4.49. The fourth-order valence-electron chi connectivity index (χ4n) is 4.04. The summed E-state index contributed by atoms with van der Waals surface area (Å²) in [7, 11) is 0. The van der Waals surface area contributed by atoms with Gasteiger partial charge in [0.05, 0.1) is 5.60 Å². The number of alkyl halides is 6. The van der Waals surface area contributed by atoms with Gasteiger partial charge in [0.2, 0.25) is 0 Å². The second kappa shape index (κ2) is 7.96. The summed E-state index contributed by atoms with van der Waals surface area (Å²) in [5.74, 6) is 0. The highest BCUT2D eigenvalue weighted by atomic mass is 19.4. The van der Waals surface area contributed by atoms with E-state index in [-0.39, 0.29) is 16.2 Å². The van der Waals surface area contributed by atoms with E-state index in [0.717, 1.165) is 12.1 Å². The molecule has 1 aromatic rings. The Balaban J connectivity index is 3.60. The van der Waals surface area contributed by atoms with Crippen molar-refractivity contribution in [1.29, 1.82) is 0 Å². The lowest BCUT2D eigenvalue weighted by molar-refractivity contribution is -0.407. The van der Waals surface area contributed by atoms with Crippen molar-refractivity contribution in [2.24, 2.45) is 16.2 Å². The van der Waals surface area contributed by atoms with Gasteiger partial charge in [-0.3, -0.25) is 0 Å². The van der Waals surface area contributed by atoms with Crippen molar-refractivity contribution < 1.29 is 31.1 Å². The zero-order valence-corrected chi connectivity index (χ0v) is 20.2. The number of benzene rings is 1. The van der Waals surface area contributed by atoms with Crippen LogP contribution < -0.4 is 0 Å². The monoisotopic (exact) mass is 454 g/mol. The van der Waals surface area contributed by atoms with E-state index < -0.39 is 29.1 Å². The molecule has 0 aliphatic rings. The lowest BCUT2D eigenvalue weighted by atomic mass is 9.53. The van der Waals surface area contributed by atoms with E-state index in [9.17, 15) is 26.3 Å². The maximum Gasteiger partial charge on any atom is 0.430 e. The van der Waals surface area contributed by atoms with Crippen LogP contribution in [0.1, 0.15) is 80.4 Å². The highest BCUT2D eigenvalue weighted by Gasteiger charge is 2.74. The van der Waals surface area contributed by atoms with Crippen molar-refractivity contribution >= 4 is 0 Å². The molecule has 7 heteroatoms. The van der Waals surface area contributed by atoms with Crippen molar-refractivity contribution in [1.82, 2.24) is 0 Å². The van der Waals surface area contributed by atoms with Crippen molar-refractivity contribution in [3.05, 3.63) is 35.4 Å². The number of ether oxygens (including phenoxy) is 1. The van der Waals surface area contributed by atoms with Crippen LogP contribution in [0.25, 0.3) is 0 Å². The zero-order valence-electron chi connectivity index (χ0n) is 20.2. The second-order valence-corrected chi connectivity index (χ2v) is 11.6. The third kappa shape index (κ3) is 5.40.